The number of hydrogen-bond acceptors (Lipinski definition) is 11. The third kappa shape index (κ3) is 15.2. The topological polar surface area (TPSA) is 331 Å². The molecule has 268 valence electrons. The highest BCUT2D eigenvalue weighted by molar-refractivity contribution is 7.46. The molecule has 1 aliphatic rings. The minimum Gasteiger partial charge on any atom is -0.394 e. The molecule has 1 heterocycles. The molecule has 0 aromatic heterocycles. The molecule has 0 spiro atoms. The van der Waals surface area contributed by atoms with E-state index in [-0.39, 0.29) is 31.3 Å². The van der Waals surface area contributed by atoms with Gasteiger partial charge in [-0.3, -0.25) is 33.5 Å². The first-order valence-electron chi connectivity index (χ1n) is 15.0. The Bertz CT molecular complexity index is 1180. The SMILES string of the molecule is CC(C)C[C@H](NC(=O)[C@H](CO)NC(=O)[C@@H](N)CCCN=C(N)N)C(=O)N[C@@H](COP(=O)(O)O)C(=O)N[C@@H](C)C(=O)N1CCC[C@H]1C=O. The number of nitrogens with zero attached hydrogens (tertiary/aromatic N) is 2. The van der Waals surface area contributed by atoms with Crippen molar-refractivity contribution in [2.24, 2.45) is 28.1 Å². The summed E-state index contributed by atoms with van der Waals surface area (Å²) in [5.41, 5.74) is 16.3. The van der Waals surface area contributed by atoms with Gasteiger partial charge in [0, 0.05) is 13.1 Å². The van der Waals surface area contributed by atoms with Crippen molar-refractivity contribution in [1.82, 2.24) is 26.2 Å². The maximum Gasteiger partial charge on any atom is 0.469 e. The van der Waals surface area contributed by atoms with Gasteiger partial charge in [-0.25, -0.2) is 4.57 Å². The highest BCUT2D eigenvalue weighted by atomic mass is 31.2. The monoisotopic (exact) mass is 693 g/mol. The van der Waals surface area contributed by atoms with Gasteiger partial charge in [-0.2, -0.15) is 0 Å². The predicted molar refractivity (Wildman–Crippen MR) is 167 cm³/mol. The van der Waals surface area contributed by atoms with Gasteiger partial charge in [0.2, 0.25) is 29.5 Å². The zero-order valence-corrected chi connectivity index (χ0v) is 27.6. The van der Waals surface area contributed by atoms with Gasteiger partial charge >= 0.3 is 7.82 Å². The predicted octanol–water partition coefficient (Wildman–Crippen LogP) is -4.34. The average molecular weight is 694 g/mol. The molecule has 1 rings (SSSR count). The van der Waals surface area contributed by atoms with E-state index in [1.165, 1.54) is 11.8 Å². The molecule has 47 heavy (non-hydrogen) atoms. The number of aldehydes is 1. The highest BCUT2D eigenvalue weighted by Crippen LogP contribution is 2.35. The fourth-order valence-corrected chi connectivity index (χ4v) is 4.90. The van der Waals surface area contributed by atoms with Crippen molar-refractivity contribution in [3.8, 4) is 0 Å². The molecule has 0 radical (unpaired) electrons. The number of guanidine groups is 1. The van der Waals surface area contributed by atoms with Crippen molar-refractivity contribution in [3.05, 3.63) is 0 Å². The van der Waals surface area contributed by atoms with Gasteiger partial charge in [0.1, 0.15) is 30.5 Å². The molecule has 0 aromatic carbocycles. The van der Waals surface area contributed by atoms with Crippen molar-refractivity contribution < 1.29 is 52.7 Å². The molecule has 0 saturated carbocycles. The second-order valence-corrected chi connectivity index (χ2v) is 12.7. The summed E-state index contributed by atoms with van der Waals surface area (Å²) in [6.45, 7) is 3.42. The van der Waals surface area contributed by atoms with Crippen molar-refractivity contribution in [3.63, 3.8) is 0 Å². The maximum absolute atomic E-state index is 13.3. The summed E-state index contributed by atoms with van der Waals surface area (Å²) in [6, 6.07) is -7.53. The number of nitrogens with two attached hydrogens (primary N) is 3. The number of rotatable bonds is 20. The number of aliphatic hydroxyl groups is 1. The average Bonchev–Trinajstić information content (AvgIpc) is 3.47. The van der Waals surface area contributed by atoms with Crippen molar-refractivity contribution in [2.45, 2.75) is 89.1 Å². The number of nitrogens with one attached hydrogen (secondary N) is 4. The summed E-state index contributed by atoms with van der Waals surface area (Å²) in [6.07, 6.45) is 2.17. The molecule has 21 heteroatoms. The lowest BCUT2D eigenvalue weighted by Crippen LogP contribution is -2.60. The zero-order valence-electron chi connectivity index (χ0n) is 26.7. The fraction of sp³-hybridized carbons (Fsp3) is 0.731. The molecule has 13 N–H and O–H groups in total. The third-order valence-corrected chi connectivity index (χ3v) is 7.46. The Morgan fingerprint density at radius 2 is 1.55 bits per heavy atom. The van der Waals surface area contributed by atoms with E-state index in [4.69, 9.17) is 17.2 Å². The zero-order chi connectivity index (χ0) is 35.9. The third-order valence-electron chi connectivity index (χ3n) is 6.97. The number of hydrogen-bond donors (Lipinski definition) is 10. The summed E-state index contributed by atoms with van der Waals surface area (Å²) in [7, 11) is -5.12. The highest BCUT2D eigenvalue weighted by Gasteiger charge is 2.35. The van der Waals surface area contributed by atoms with Gasteiger partial charge in [-0.15, -0.1) is 0 Å². The number of carbonyl (C=O) groups excluding carboxylic acids is 6. The van der Waals surface area contributed by atoms with Gasteiger partial charge in [-0.1, -0.05) is 13.8 Å². The Morgan fingerprint density at radius 1 is 0.979 bits per heavy atom. The molecular formula is C26H48N9O11P. The number of likely N-dealkylation sites (tertiary alicyclic amines) is 1. The smallest absolute Gasteiger partial charge is 0.394 e. The van der Waals surface area contributed by atoms with Crippen LogP contribution in [0.2, 0.25) is 0 Å². The van der Waals surface area contributed by atoms with Crippen LogP contribution < -0.4 is 38.5 Å². The van der Waals surface area contributed by atoms with Gasteiger partial charge < -0.3 is 63.1 Å². The lowest BCUT2D eigenvalue weighted by atomic mass is 10.0. The molecule has 6 atom stereocenters. The second-order valence-electron chi connectivity index (χ2n) is 11.4. The first-order chi connectivity index (χ1) is 21.9. The summed E-state index contributed by atoms with van der Waals surface area (Å²) in [5, 5.41) is 19.1. The standard InChI is InChI=1S/C26H48N9O11P/c1-14(2)10-18(32-23(40)19(12-37)33-21(38)17(27)7-4-8-30-26(28)29)22(39)34-20(13-46-47(43,44)45)24(41)31-15(3)25(42)35-9-5-6-16(35)11-36/h11,14-20,37H,4-10,12-13,27H2,1-3H3,(H,31,41)(H,32,40)(H,33,38)(H,34,39)(H4,28,29,30)(H2,43,44,45)/t15-,16-,17-,18-,19-,20-/m0/s1. The molecular weight excluding hydrogens is 645 g/mol. The van der Waals surface area contributed by atoms with Crippen LogP contribution in [-0.4, -0.2) is 124 Å². The summed E-state index contributed by atoms with van der Waals surface area (Å²) in [4.78, 5) is 99.6. The van der Waals surface area contributed by atoms with E-state index in [1.807, 2.05) is 0 Å². The summed E-state index contributed by atoms with van der Waals surface area (Å²) < 4.78 is 15.8. The molecule has 5 amide bonds. The number of phosphoric ester groups is 1. The van der Waals surface area contributed by atoms with Crippen LogP contribution in [0.3, 0.4) is 0 Å². The van der Waals surface area contributed by atoms with Crippen LogP contribution in [0, 0.1) is 5.92 Å². The van der Waals surface area contributed by atoms with Crippen molar-refractivity contribution in [1.29, 1.82) is 0 Å². The largest absolute Gasteiger partial charge is 0.469 e. The van der Waals surface area contributed by atoms with E-state index in [0.29, 0.717) is 32.1 Å². The molecule has 0 aliphatic carbocycles. The molecule has 1 aliphatic heterocycles. The lowest BCUT2D eigenvalue weighted by molar-refractivity contribution is -0.139. The molecule has 1 fully saturated rings. The minimum absolute atomic E-state index is 0.00139. The Morgan fingerprint density at radius 3 is 2.11 bits per heavy atom. The van der Waals surface area contributed by atoms with E-state index >= 15 is 0 Å². The Labute approximate surface area is 272 Å². The van der Waals surface area contributed by atoms with Crippen LogP contribution in [0.15, 0.2) is 4.99 Å². The maximum atomic E-state index is 13.3. The quantitative estimate of drug-likeness (QED) is 0.0190. The molecule has 0 bridgehead atoms. The van der Waals surface area contributed by atoms with Crippen LogP contribution in [0.1, 0.15) is 52.9 Å². The number of aliphatic imine (C=N–C) groups is 1. The van der Waals surface area contributed by atoms with Gasteiger partial charge in [-0.05, 0) is 44.9 Å². The minimum atomic E-state index is -5.12. The number of amides is 5. The molecule has 0 aromatic rings. The number of carbonyl (C=O) groups is 6. The Hall–Kier alpha value is -3.68. The molecule has 1 saturated heterocycles. The Balaban J connectivity index is 3.02. The summed E-state index contributed by atoms with van der Waals surface area (Å²) in [5.74, 6) is -4.66. The number of aliphatic hydroxyl groups excluding tert-OH is 1. The number of phosphoric acid groups is 1. The van der Waals surface area contributed by atoms with Gasteiger partial charge in [0.25, 0.3) is 0 Å². The van der Waals surface area contributed by atoms with E-state index in [1.54, 1.807) is 13.8 Å². The van der Waals surface area contributed by atoms with E-state index in [2.05, 4.69) is 30.8 Å². The van der Waals surface area contributed by atoms with Gasteiger partial charge in [0.05, 0.1) is 25.3 Å². The van der Waals surface area contributed by atoms with Crippen LogP contribution in [0.25, 0.3) is 0 Å². The first kappa shape index (κ1) is 41.3. The lowest BCUT2D eigenvalue weighted by Gasteiger charge is -2.28. The second kappa shape index (κ2) is 19.9. The van der Waals surface area contributed by atoms with Crippen LogP contribution >= 0.6 is 7.82 Å². The van der Waals surface area contributed by atoms with Crippen LogP contribution in [0.5, 0.6) is 0 Å². The summed E-state index contributed by atoms with van der Waals surface area (Å²) >= 11 is 0. The van der Waals surface area contributed by atoms with E-state index in [0.717, 1.165) is 0 Å². The first-order valence-corrected chi connectivity index (χ1v) is 16.5. The Kier molecular flexibility index (Phi) is 17.5. The van der Waals surface area contributed by atoms with E-state index in [9.17, 15) is 48.2 Å². The molecule has 0 unspecified atom stereocenters. The van der Waals surface area contributed by atoms with Crippen LogP contribution in [-0.2, 0) is 37.9 Å². The van der Waals surface area contributed by atoms with Crippen molar-refractivity contribution in [2.75, 3.05) is 26.3 Å². The van der Waals surface area contributed by atoms with Gasteiger partial charge in [0.15, 0.2) is 5.96 Å². The molecule has 20 nitrogen and oxygen atoms in total. The van der Waals surface area contributed by atoms with E-state index < -0.39 is 86.8 Å². The van der Waals surface area contributed by atoms with Crippen LogP contribution in [0.4, 0.5) is 0 Å². The van der Waals surface area contributed by atoms with Crippen molar-refractivity contribution >= 4 is 49.6 Å². The normalized spacial score (nSPS) is 17.9. The fourth-order valence-electron chi connectivity index (χ4n) is 4.56.